The van der Waals surface area contributed by atoms with Gasteiger partial charge in [0.05, 0.1) is 23.6 Å². The molecule has 2 atom stereocenters. The summed E-state index contributed by atoms with van der Waals surface area (Å²) in [5.41, 5.74) is 2.89. The highest BCUT2D eigenvalue weighted by atomic mass is 32.2. The number of carbonyl (C=O) groups is 2. The second-order valence-corrected chi connectivity index (χ2v) is 14.6. The van der Waals surface area contributed by atoms with E-state index in [1.165, 1.54) is 0 Å². The Kier molecular flexibility index (Phi) is 13.6. The summed E-state index contributed by atoms with van der Waals surface area (Å²) in [5, 5.41) is 0. The van der Waals surface area contributed by atoms with Crippen LogP contribution in [-0.4, -0.2) is 54.1 Å². The molecule has 0 bridgehead atoms. The van der Waals surface area contributed by atoms with Gasteiger partial charge in [0.25, 0.3) is 0 Å². The van der Waals surface area contributed by atoms with Crippen molar-refractivity contribution >= 4 is 32.0 Å². The highest BCUT2D eigenvalue weighted by molar-refractivity contribution is 7.89. The number of carbonyl (C=O) groups excluding carboxylic acids is 2. The van der Waals surface area contributed by atoms with E-state index in [4.69, 9.17) is 9.47 Å². The fraction of sp³-hybridized carbons (Fsp3) is 0.222. The molecule has 10 nitrogen and oxygen atoms in total. The third-order valence-corrected chi connectivity index (χ3v) is 9.76. The van der Waals surface area contributed by atoms with E-state index in [1.807, 2.05) is 60.7 Å². The summed E-state index contributed by atoms with van der Waals surface area (Å²) >= 11 is 0. The zero-order valence-electron chi connectivity index (χ0n) is 26.2. The summed E-state index contributed by atoms with van der Waals surface area (Å²) < 4.78 is 67.5. The van der Waals surface area contributed by atoms with Crippen LogP contribution < -0.4 is 9.44 Å². The molecule has 12 heteroatoms. The van der Waals surface area contributed by atoms with E-state index in [9.17, 15) is 26.4 Å². The molecule has 4 aromatic rings. The van der Waals surface area contributed by atoms with Crippen LogP contribution in [0.4, 0.5) is 0 Å². The summed E-state index contributed by atoms with van der Waals surface area (Å²) in [5.74, 6) is -2.24. The highest BCUT2D eigenvalue weighted by Gasteiger charge is 2.22. The molecule has 0 unspecified atom stereocenters. The van der Waals surface area contributed by atoms with Gasteiger partial charge >= 0.3 is 11.9 Å². The Labute approximate surface area is 281 Å². The van der Waals surface area contributed by atoms with Crippen molar-refractivity contribution < 1.29 is 35.9 Å². The predicted octanol–water partition coefficient (Wildman–Crippen LogP) is 4.09. The topological polar surface area (TPSA) is 145 Å². The van der Waals surface area contributed by atoms with Crippen LogP contribution in [0.2, 0.25) is 0 Å². The summed E-state index contributed by atoms with van der Waals surface area (Å²) in [6.07, 6.45) is 2.28. The Bertz CT molecular complexity index is 1700. The van der Waals surface area contributed by atoms with Gasteiger partial charge in [0.15, 0.2) is 0 Å². The van der Waals surface area contributed by atoms with Crippen LogP contribution in [0.15, 0.2) is 133 Å². The number of benzene rings is 4. The molecule has 0 aromatic heterocycles. The van der Waals surface area contributed by atoms with E-state index >= 15 is 0 Å². The minimum atomic E-state index is -3.78. The Morgan fingerprint density at radius 2 is 0.792 bits per heavy atom. The van der Waals surface area contributed by atoms with Crippen molar-refractivity contribution in [3.8, 4) is 0 Å². The van der Waals surface area contributed by atoms with Gasteiger partial charge in [-0.2, -0.15) is 0 Å². The molecule has 48 heavy (non-hydrogen) atoms. The van der Waals surface area contributed by atoms with Gasteiger partial charge in [-0.3, -0.25) is 0 Å². The van der Waals surface area contributed by atoms with Crippen molar-refractivity contribution in [3.63, 3.8) is 0 Å². The van der Waals surface area contributed by atoms with Crippen molar-refractivity contribution in [1.29, 1.82) is 0 Å². The molecule has 0 aliphatic carbocycles. The lowest BCUT2D eigenvalue weighted by atomic mass is 10.1. The fourth-order valence-corrected chi connectivity index (χ4v) is 7.59. The molecule has 252 valence electrons. The summed E-state index contributed by atoms with van der Waals surface area (Å²) in [6, 6.07) is 34.2. The summed E-state index contributed by atoms with van der Waals surface area (Å²) in [6.45, 7) is -0.576. The molecule has 4 aromatic carbocycles. The van der Waals surface area contributed by atoms with Crippen molar-refractivity contribution in [2.24, 2.45) is 0 Å². The predicted molar refractivity (Wildman–Crippen MR) is 183 cm³/mol. The molecule has 0 saturated carbocycles. The molecular formula is C36H38N2O8S2. The average Bonchev–Trinajstić information content (AvgIpc) is 3.06. The van der Waals surface area contributed by atoms with E-state index in [0.29, 0.717) is 11.1 Å². The molecule has 0 amide bonds. The van der Waals surface area contributed by atoms with Gasteiger partial charge in [-0.1, -0.05) is 121 Å². The number of hydrogen-bond acceptors (Lipinski definition) is 8. The summed E-state index contributed by atoms with van der Waals surface area (Å²) in [4.78, 5) is 25.0. The monoisotopic (exact) mass is 690 g/mol. The number of esters is 2. The van der Waals surface area contributed by atoms with Crippen LogP contribution in [0.5, 0.6) is 0 Å². The first kappa shape index (κ1) is 36.2. The van der Waals surface area contributed by atoms with Gasteiger partial charge in [-0.15, -0.1) is 0 Å². The maximum atomic E-state index is 12.9. The van der Waals surface area contributed by atoms with Gasteiger partial charge in [0.1, 0.15) is 13.2 Å². The molecule has 4 rings (SSSR count). The molecule has 0 saturated heterocycles. The lowest BCUT2D eigenvalue weighted by Crippen LogP contribution is -2.41. The summed E-state index contributed by atoms with van der Waals surface area (Å²) in [7, 11) is -7.56. The number of hydrogen-bond donors (Lipinski definition) is 2. The van der Waals surface area contributed by atoms with E-state index in [-0.39, 0.29) is 37.6 Å². The lowest BCUT2D eigenvalue weighted by molar-refractivity contribution is -0.141. The molecular weight excluding hydrogens is 653 g/mol. The first-order valence-corrected chi connectivity index (χ1v) is 18.5. The fourth-order valence-electron chi connectivity index (χ4n) is 4.84. The normalized spacial score (nSPS) is 13.1. The Morgan fingerprint density at radius 3 is 1.10 bits per heavy atom. The molecule has 2 N–H and O–H groups in total. The zero-order chi connectivity index (χ0) is 34.2. The quantitative estimate of drug-likeness (QED) is 0.117. The minimum Gasteiger partial charge on any atom is -0.461 e. The van der Waals surface area contributed by atoms with Gasteiger partial charge in [0.2, 0.25) is 20.0 Å². The third kappa shape index (κ3) is 13.6. The standard InChI is InChI=1S/C36H38N2O8S2/c39-35(45-25-33(23-29-13-5-1-6-14-29)37-47(41,42)27-31-17-9-3-10-18-31)21-22-36(40)46-26-34(24-30-15-7-2-8-16-30)38-48(43,44)28-32-19-11-4-12-20-32/h1-22,33-34,37-38H,23-28H2/b22-21+/t33-,34-/m1/s1. The van der Waals surface area contributed by atoms with Gasteiger partial charge < -0.3 is 9.47 Å². The van der Waals surface area contributed by atoms with Crippen LogP contribution in [0.1, 0.15) is 22.3 Å². The van der Waals surface area contributed by atoms with E-state index in [1.54, 1.807) is 60.7 Å². The second-order valence-electron chi connectivity index (χ2n) is 11.1. The van der Waals surface area contributed by atoms with Crippen molar-refractivity contribution in [3.05, 3.63) is 156 Å². The molecule has 0 heterocycles. The molecule has 0 radical (unpaired) electrons. The average molecular weight is 691 g/mol. The maximum Gasteiger partial charge on any atom is 0.331 e. The zero-order valence-corrected chi connectivity index (χ0v) is 27.8. The third-order valence-electron chi connectivity index (χ3n) is 6.95. The van der Waals surface area contributed by atoms with E-state index < -0.39 is 44.1 Å². The van der Waals surface area contributed by atoms with E-state index in [2.05, 4.69) is 9.44 Å². The van der Waals surface area contributed by atoms with Gasteiger partial charge in [-0.25, -0.2) is 35.9 Å². The van der Waals surface area contributed by atoms with E-state index in [0.717, 1.165) is 23.3 Å². The number of rotatable bonds is 18. The second kappa shape index (κ2) is 18.1. The lowest BCUT2D eigenvalue weighted by Gasteiger charge is -2.19. The van der Waals surface area contributed by atoms with Crippen molar-refractivity contribution in [2.75, 3.05) is 13.2 Å². The van der Waals surface area contributed by atoms with Crippen LogP contribution in [0, 0.1) is 0 Å². The van der Waals surface area contributed by atoms with Crippen molar-refractivity contribution in [1.82, 2.24) is 9.44 Å². The minimum absolute atomic E-state index is 0.244. The number of sulfonamides is 2. The van der Waals surface area contributed by atoms with Gasteiger partial charge in [0, 0.05) is 12.2 Å². The molecule has 0 spiro atoms. The van der Waals surface area contributed by atoms with Gasteiger partial charge in [-0.05, 0) is 35.1 Å². The Hall–Kier alpha value is -4.62. The number of ether oxygens (including phenoxy) is 2. The van der Waals surface area contributed by atoms with Crippen LogP contribution in [0.3, 0.4) is 0 Å². The highest BCUT2D eigenvalue weighted by Crippen LogP contribution is 2.11. The van der Waals surface area contributed by atoms with Crippen LogP contribution in [-0.2, 0) is 63.5 Å². The first-order chi connectivity index (χ1) is 23.1. The van der Waals surface area contributed by atoms with Crippen molar-refractivity contribution in [2.45, 2.75) is 36.4 Å². The largest absolute Gasteiger partial charge is 0.461 e. The Balaban J connectivity index is 1.33. The molecule has 0 aliphatic rings. The SMILES string of the molecule is O=C(/C=C/C(=O)OC[C@@H](Cc1ccccc1)NS(=O)(=O)Cc1ccccc1)OC[C@@H](Cc1ccccc1)NS(=O)(=O)Cc1ccccc1. The molecule has 0 aliphatic heterocycles. The van der Waals surface area contributed by atoms with Crippen LogP contribution >= 0.6 is 0 Å². The molecule has 0 fully saturated rings. The number of nitrogens with one attached hydrogen (secondary N) is 2. The first-order valence-electron chi connectivity index (χ1n) is 15.2. The Morgan fingerprint density at radius 1 is 0.500 bits per heavy atom. The van der Waals surface area contributed by atoms with Crippen LogP contribution in [0.25, 0.3) is 0 Å². The smallest absolute Gasteiger partial charge is 0.331 e. The maximum absolute atomic E-state index is 12.9.